The van der Waals surface area contributed by atoms with Gasteiger partial charge in [-0.2, -0.15) is 0 Å². The van der Waals surface area contributed by atoms with Crippen LogP contribution in [0.4, 0.5) is 4.79 Å². The molecule has 1 aliphatic rings. The summed E-state index contributed by atoms with van der Waals surface area (Å²) in [5, 5.41) is 10.5. The van der Waals surface area contributed by atoms with Crippen molar-refractivity contribution in [1.29, 1.82) is 0 Å². The molecule has 1 amide bonds. The number of hydrogen-bond donors (Lipinski definition) is 1. The van der Waals surface area contributed by atoms with Gasteiger partial charge in [-0.25, -0.2) is 4.79 Å². The molecule has 0 atom stereocenters. The molecule has 0 spiro atoms. The second-order valence-corrected chi connectivity index (χ2v) is 8.57. The van der Waals surface area contributed by atoms with E-state index in [0.717, 1.165) is 44.3 Å². The zero-order valence-electron chi connectivity index (χ0n) is 17.7. The zero-order chi connectivity index (χ0) is 21.0. The molecule has 1 aromatic carbocycles. The maximum absolute atomic E-state index is 12.2. The highest BCUT2D eigenvalue weighted by Gasteiger charge is 2.26. The molecule has 29 heavy (non-hydrogen) atoms. The van der Waals surface area contributed by atoms with Crippen molar-refractivity contribution in [2.45, 2.75) is 52.1 Å². The second kappa shape index (κ2) is 8.80. The Morgan fingerprint density at radius 3 is 2.69 bits per heavy atom. The SMILES string of the molecule is COc1ccc2c(O)coc2c1C=CCCC1CCN(C(=O)OC(C)(C)C)CC1. The Morgan fingerprint density at radius 2 is 2.03 bits per heavy atom. The number of ether oxygens (including phenoxy) is 2. The van der Waals surface area contributed by atoms with Crippen LogP contribution in [0, 0.1) is 5.92 Å². The van der Waals surface area contributed by atoms with E-state index < -0.39 is 5.60 Å². The topological polar surface area (TPSA) is 72.1 Å². The van der Waals surface area contributed by atoms with E-state index in [1.54, 1.807) is 13.2 Å². The number of allylic oxidation sites excluding steroid dienone is 1. The van der Waals surface area contributed by atoms with Crippen LogP contribution in [-0.2, 0) is 4.74 Å². The van der Waals surface area contributed by atoms with Crippen LogP contribution in [0.5, 0.6) is 11.5 Å². The normalized spacial score (nSPS) is 15.9. The van der Waals surface area contributed by atoms with Crippen molar-refractivity contribution in [2.24, 2.45) is 5.92 Å². The lowest BCUT2D eigenvalue weighted by Gasteiger charge is -2.33. The molecule has 0 radical (unpaired) electrons. The van der Waals surface area contributed by atoms with Crippen molar-refractivity contribution in [3.8, 4) is 11.5 Å². The number of piperidine rings is 1. The third-order valence-corrected chi connectivity index (χ3v) is 5.23. The lowest BCUT2D eigenvalue weighted by molar-refractivity contribution is 0.0181. The number of carbonyl (C=O) groups is 1. The smallest absolute Gasteiger partial charge is 0.410 e. The number of carbonyl (C=O) groups excluding carboxylic acids is 1. The Kier molecular flexibility index (Phi) is 6.40. The van der Waals surface area contributed by atoms with Gasteiger partial charge in [0.05, 0.1) is 18.1 Å². The van der Waals surface area contributed by atoms with Crippen molar-refractivity contribution in [2.75, 3.05) is 20.2 Å². The number of fused-ring (bicyclic) bond motifs is 1. The molecule has 1 aliphatic heterocycles. The van der Waals surface area contributed by atoms with Crippen LogP contribution in [0.15, 0.2) is 28.9 Å². The molecule has 2 aromatic rings. The van der Waals surface area contributed by atoms with E-state index in [4.69, 9.17) is 13.9 Å². The van der Waals surface area contributed by atoms with Gasteiger partial charge in [0.15, 0.2) is 5.75 Å². The van der Waals surface area contributed by atoms with E-state index >= 15 is 0 Å². The highest BCUT2D eigenvalue weighted by Crippen LogP contribution is 2.35. The van der Waals surface area contributed by atoms with Crippen LogP contribution in [0.25, 0.3) is 17.0 Å². The Morgan fingerprint density at radius 1 is 1.31 bits per heavy atom. The molecule has 158 valence electrons. The molecule has 1 fully saturated rings. The predicted octanol–water partition coefficient (Wildman–Crippen LogP) is 5.59. The quantitative estimate of drug-likeness (QED) is 0.707. The number of nitrogens with zero attached hydrogens (tertiary/aromatic N) is 1. The fourth-order valence-corrected chi connectivity index (χ4v) is 3.69. The van der Waals surface area contributed by atoms with Gasteiger partial charge >= 0.3 is 6.09 Å². The van der Waals surface area contributed by atoms with Gasteiger partial charge < -0.3 is 23.9 Å². The number of benzene rings is 1. The van der Waals surface area contributed by atoms with E-state index in [1.165, 1.54) is 6.26 Å². The fraction of sp³-hybridized carbons (Fsp3) is 0.522. The molecule has 1 aromatic heterocycles. The minimum absolute atomic E-state index is 0.133. The van der Waals surface area contributed by atoms with Crippen LogP contribution < -0.4 is 4.74 Å². The fourth-order valence-electron chi connectivity index (χ4n) is 3.69. The molecule has 6 nitrogen and oxygen atoms in total. The highest BCUT2D eigenvalue weighted by atomic mass is 16.6. The zero-order valence-corrected chi connectivity index (χ0v) is 17.7. The molecule has 1 N–H and O–H groups in total. The van der Waals surface area contributed by atoms with Gasteiger partial charge in [-0.15, -0.1) is 0 Å². The Balaban J connectivity index is 1.52. The van der Waals surface area contributed by atoms with Crippen molar-refractivity contribution < 1.29 is 23.8 Å². The van der Waals surface area contributed by atoms with Crippen LogP contribution >= 0.6 is 0 Å². The Labute approximate surface area is 172 Å². The first-order valence-corrected chi connectivity index (χ1v) is 10.2. The lowest BCUT2D eigenvalue weighted by atomic mass is 9.92. The average molecular weight is 402 g/mol. The molecule has 2 heterocycles. The maximum atomic E-state index is 12.2. The molecular formula is C23H31NO5. The van der Waals surface area contributed by atoms with E-state index in [1.807, 2.05) is 37.8 Å². The molecule has 0 unspecified atom stereocenters. The molecule has 3 rings (SSSR count). The van der Waals surface area contributed by atoms with Gasteiger partial charge in [0.25, 0.3) is 0 Å². The van der Waals surface area contributed by atoms with Crippen LogP contribution in [0.3, 0.4) is 0 Å². The van der Waals surface area contributed by atoms with E-state index in [2.05, 4.69) is 6.08 Å². The van der Waals surface area contributed by atoms with Crippen LogP contribution in [0.1, 0.15) is 52.0 Å². The number of hydrogen-bond acceptors (Lipinski definition) is 5. The van der Waals surface area contributed by atoms with Gasteiger partial charge in [-0.3, -0.25) is 0 Å². The molecule has 0 aliphatic carbocycles. The summed E-state index contributed by atoms with van der Waals surface area (Å²) >= 11 is 0. The van der Waals surface area contributed by atoms with E-state index in [-0.39, 0.29) is 11.8 Å². The Hall–Kier alpha value is -2.63. The summed E-state index contributed by atoms with van der Waals surface area (Å²) in [5.41, 5.74) is 1.02. The summed E-state index contributed by atoms with van der Waals surface area (Å²) in [4.78, 5) is 14.0. The summed E-state index contributed by atoms with van der Waals surface area (Å²) in [6.45, 7) is 7.18. The third-order valence-electron chi connectivity index (χ3n) is 5.23. The summed E-state index contributed by atoms with van der Waals surface area (Å²) in [6, 6.07) is 3.63. The third kappa shape index (κ3) is 5.25. The molecule has 0 bridgehead atoms. The number of furan rings is 1. The van der Waals surface area contributed by atoms with Crippen molar-refractivity contribution in [1.82, 2.24) is 4.90 Å². The van der Waals surface area contributed by atoms with Gasteiger partial charge in [-0.1, -0.05) is 12.2 Å². The number of rotatable bonds is 5. The number of likely N-dealkylation sites (tertiary alicyclic amines) is 1. The largest absolute Gasteiger partial charge is 0.504 e. The predicted molar refractivity (Wildman–Crippen MR) is 113 cm³/mol. The van der Waals surface area contributed by atoms with Crippen LogP contribution in [-0.4, -0.2) is 41.9 Å². The van der Waals surface area contributed by atoms with Crippen molar-refractivity contribution in [3.63, 3.8) is 0 Å². The molecule has 1 saturated heterocycles. The number of methoxy groups -OCH3 is 1. The molecular weight excluding hydrogens is 370 g/mol. The average Bonchev–Trinajstić information content (AvgIpc) is 3.05. The summed E-state index contributed by atoms with van der Waals surface area (Å²) < 4.78 is 16.4. The summed E-state index contributed by atoms with van der Waals surface area (Å²) in [7, 11) is 1.62. The summed E-state index contributed by atoms with van der Waals surface area (Å²) in [6.07, 6.45) is 9.26. The molecule has 6 heteroatoms. The first-order chi connectivity index (χ1) is 13.8. The Bertz CT molecular complexity index is 869. The van der Waals surface area contributed by atoms with Crippen LogP contribution in [0.2, 0.25) is 0 Å². The van der Waals surface area contributed by atoms with Crippen molar-refractivity contribution >= 4 is 23.1 Å². The van der Waals surface area contributed by atoms with Gasteiger partial charge in [0, 0.05) is 13.1 Å². The first kappa shape index (κ1) is 21.1. The minimum Gasteiger partial charge on any atom is -0.504 e. The summed E-state index contributed by atoms with van der Waals surface area (Å²) in [5.74, 6) is 1.45. The molecule has 0 saturated carbocycles. The van der Waals surface area contributed by atoms with Crippen molar-refractivity contribution in [3.05, 3.63) is 30.0 Å². The monoisotopic (exact) mass is 401 g/mol. The number of aromatic hydroxyl groups is 1. The van der Waals surface area contributed by atoms with E-state index in [0.29, 0.717) is 22.6 Å². The van der Waals surface area contributed by atoms with Gasteiger partial charge in [0.1, 0.15) is 23.2 Å². The standard InChI is InChI=1S/C23H31NO5/c1-23(2,3)29-22(26)24-13-11-16(12-14-24)7-5-6-8-18-20(27-4)10-9-17-19(25)15-28-21(17)18/h6,8-10,15-16,25H,5,7,11-14H2,1-4H3. The highest BCUT2D eigenvalue weighted by molar-refractivity contribution is 5.92. The lowest BCUT2D eigenvalue weighted by Crippen LogP contribution is -2.41. The van der Waals surface area contributed by atoms with Gasteiger partial charge in [0.2, 0.25) is 0 Å². The second-order valence-electron chi connectivity index (χ2n) is 8.57. The van der Waals surface area contributed by atoms with Gasteiger partial charge in [-0.05, 0) is 64.5 Å². The van der Waals surface area contributed by atoms with E-state index in [9.17, 15) is 9.90 Å². The number of amides is 1. The minimum atomic E-state index is -0.451. The first-order valence-electron chi connectivity index (χ1n) is 10.2. The maximum Gasteiger partial charge on any atom is 0.410 e.